The Labute approximate surface area is 102 Å². The Morgan fingerprint density at radius 3 is 2.24 bits per heavy atom. The predicted octanol–water partition coefficient (Wildman–Crippen LogP) is 1.06. The van der Waals surface area contributed by atoms with Gasteiger partial charge in [0, 0.05) is 6.54 Å². The summed E-state index contributed by atoms with van der Waals surface area (Å²) in [5, 5.41) is 0. The molecule has 1 fully saturated rings. The van der Waals surface area contributed by atoms with E-state index in [1.165, 1.54) is 31.5 Å². The summed E-state index contributed by atoms with van der Waals surface area (Å²) in [5.41, 5.74) is 13.1. The zero-order valence-electron chi connectivity index (χ0n) is 10.1. The molecule has 4 nitrogen and oxygen atoms in total. The van der Waals surface area contributed by atoms with Crippen LogP contribution in [0.1, 0.15) is 24.0 Å². The average molecular weight is 232 g/mol. The summed E-state index contributed by atoms with van der Waals surface area (Å²) in [4.78, 5) is 6.48. The molecule has 1 aliphatic rings. The van der Waals surface area contributed by atoms with Crippen LogP contribution < -0.4 is 11.5 Å². The molecule has 1 heterocycles. The number of rotatable bonds is 4. The molecule has 1 saturated heterocycles. The van der Waals surface area contributed by atoms with Crippen LogP contribution in [-0.4, -0.2) is 23.9 Å². The summed E-state index contributed by atoms with van der Waals surface area (Å²) in [6.45, 7) is 4.08. The first-order valence-corrected chi connectivity index (χ1v) is 6.09. The molecule has 0 spiro atoms. The van der Waals surface area contributed by atoms with E-state index >= 15 is 0 Å². The molecule has 0 unspecified atom stereocenters. The number of likely N-dealkylation sites (tertiary alicyclic amines) is 1. The third-order valence-electron chi connectivity index (χ3n) is 3.07. The Kier molecular flexibility index (Phi) is 3.98. The molecule has 0 atom stereocenters. The van der Waals surface area contributed by atoms with Crippen molar-refractivity contribution in [2.75, 3.05) is 13.1 Å². The Bertz CT molecular complexity index is 373. The first kappa shape index (κ1) is 11.9. The smallest absolute Gasteiger partial charge is 0.186 e. The minimum atomic E-state index is 0.145. The van der Waals surface area contributed by atoms with Gasteiger partial charge in [-0.25, -0.2) is 4.99 Å². The minimum Gasteiger partial charge on any atom is -0.370 e. The molecule has 0 saturated carbocycles. The minimum absolute atomic E-state index is 0.145. The summed E-state index contributed by atoms with van der Waals surface area (Å²) in [6, 6.07) is 8.52. The molecule has 0 bridgehead atoms. The van der Waals surface area contributed by atoms with E-state index in [0.29, 0.717) is 6.54 Å². The number of hydrogen-bond acceptors (Lipinski definition) is 2. The second-order valence-corrected chi connectivity index (χ2v) is 4.54. The van der Waals surface area contributed by atoms with Gasteiger partial charge in [0.2, 0.25) is 0 Å². The van der Waals surface area contributed by atoms with Crippen molar-refractivity contribution in [3.8, 4) is 0 Å². The van der Waals surface area contributed by atoms with Crippen LogP contribution in [0.4, 0.5) is 0 Å². The molecule has 0 aliphatic carbocycles. The lowest BCUT2D eigenvalue weighted by Gasteiger charge is -2.14. The second-order valence-electron chi connectivity index (χ2n) is 4.54. The summed E-state index contributed by atoms with van der Waals surface area (Å²) in [7, 11) is 0. The number of guanidine groups is 1. The van der Waals surface area contributed by atoms with E-state index in [4.69, 9.17) is 11.5 Å². The topological polar surface area (TPSA) is 67.6 Å². The fraction of sp³-hybridized carbons (Fsp3) is 0.462. The van der Waals surface area contributed by atoms with E-state index in [0.717, 1.165) is 12.1 Å². The van der Waals surface area contributed by atoms with E-state index < -0.39 is 0 Å². The Morgan fingerprint density at radius 1 is 1.06 bits per heavy atom. The van der Waals surface area contributed by atoms with Crippen LogP contribution in [0.25, 0.3) is 0 Å². The standard InChI is InChI=1S/C13H20N4/c14-13(15)16-9-11-3-5-12(6-4-11)10-17-7-1-2-8-17/h3-6H,1-2,7-10H2,(H4,14,15,16). The van der Waals surface area contributed by atoms with E-state index in [2.05, 4.69) is 34.2 Å². The molecular weight excluding hydrogens is 212 g/mol. The van der Waals surface area contributed by atoms with Gasteiger partial charge in [-0.3, -0.25) is 4.90 Å². The van der Waals surface area contributed by atoms with Gasteiger partial charge in [-0.1, -0.05) is 24.3 Å². The van der Waals surface area contributed by atoms with Crippen molar-refractivity contribution in [3.05, 3.63) is 35.4 Å². The van der Waals surface area contributed by atoms with E-state index in [1.807, 2.05) is 0 Å². The van der Waals surface area contributed by atoms with E-state index in [1.54, 1.807) is 0 Å². The van der Waals surface area contributed by atoms with Gasteiger partial charge in [-0.15, -0.1) is 0 Å². The summed E-state index contributed by atoms with van der Waals surface area (Å²) >= 11 is 0. The zero-order valence-corrected chi connectivity index (χ0v) is 10.1. The fourth-order valence-electron chi connectivity index (χ4n) is 2.13. The molecule has 92 valence electrons. The predicted molar refractivity (Wildman–Crippen MR) is 70.5 cm³/mol. The molecule has 4 N–H and O–H groups in total. The maximum absolute atomic E-state index is 5.30. The lowest BCUT2D eigenvalue weighted by atomic mass is 10.1. The van der Waals surface area contributed by atoms with Crippen LogP contribution >= 0.6 is 0 Å². The van der Waals surface area contributed by atoms with Gasteiger partial charge in [0.25, 0.3) is 0 Å². The number of aliphatic imine (C=N–C) groups is 1. The molecule has 4 heteroatoms. The quantitative estimate of drug-likeness (QED) is 0.602. The van der Waals surface area contributed by atoms with Gasteiger partial charge >= 0.3 is 0 Å². The molecular formula is C13H20N4. The Hall–Kier alpha value is -1.55. The highest BCUT2D eigenvalue weighted by Crippen LogP contribution is 2.13. The van der Waals surface area contributed by atoms with Gasteiger partial charge < -0.3 is 11.5 Å². The van der Waals surface area contributed by atoms with Gasteiger partial charge in [0.15, 0.2) is 5.96 Å². The lowest BCUT2D eigenvalue weighted by Crippen LogP contribution is -2.22. The van der Waals surface area contributed by atoms with Crippen molar-refractivity contribution in [1.82, 2.24) is 4.90 Å². The molecule has 0 aromatic heterocycles. The fourth-order valence-corrected chi connectivity index (χ4v) is 2.13. The SMILES string of the molecule is NC(N)=NCc1ccc(CN2CCCC2)cc1. The number of benzene rings is 1. The Morgan fingerprint density at radius 2 is 1.65 bits per heavy atom. The normalized spacial score (nSPS) is 16.0. The van der Waals surface area contributed by atoms with E-state index in [9.17, 15) is 0 Å². The highest BCUT2D eigenvalue weighted by molar-refractivity contribution is 5.75. The molecule has 0 amide bonds. The van der Waals surface area contributed by atoms with Crippen LogP contribution in [0, 0.1) is 0 Å². The van der Waals surface area contributed by atoms with Crippen molar-refractivity contribution in [1.29, 1.82) is 0 Å². The second kappa shape index (κ2) is 5.68. The molecule has 1 aromatic carbocycles. The lowest BCUT2D eigenvalue weighted by molar-refractivity contribution is 0.331. The average Bonchev–Trinajstić information content (AvgIpc) is 2.81. The van der Waals surface area contributed by atoms with Crippen molar-refractivity contribution in [3.63, 3.8) is 0 Å². The highest BCUT2D eigenvalue weighted by Gasteiger charge is 2.11. The van der Waals surface area contributed by atoms with Crippen LogP contribution in [-0.2, 0) is 13.1 Å². The monoisotopic (exact) mass is 232 g/mol. The number of nitrogens with two attached hydrogens (primary N) is 2. The Balaban J connectivity index is 1.90. The summed E-state index contributed by atoms with van der Waals surface area (Å²) in [6.07, 6.45) is 2.67. The largest absolute Gasteiger partial charge is 0.370 e. The molecule has 2 rings (SSSR count). The van der Waals surface area contributed by atoms with Crippen molar-refractivity contribution >= 4 is 5.96 Å². The summed E-state index contributed by atoms with van der Waals surface area (Å²) < 4.78 is 0. The van der Waals surface area contributed by atoms with Crippen LogP contribution in [0.3, 0.4) is 0 Å². The number of hydrogen-bond donors (Lipinski definition) is 2. The zero-order chi connectivity index (χ0) is 12.1. The van der Waals surface area contributed by atoms with Crippen LogP contribution in [0.2, 0.25) is 0 Å². The van der Waals surface area contributed by atoms with Crippen molar-refractivity contribution in [2.45, 2.75) is 25.9 Å². The van der Waals surface area contributed by atoms with Crippen molar-refractivity contribution < 1.29 is 0 Å². The first-order chi connectivity index (χ1) is 8.24. The molecule has 1 aromatic rings. The van der Waals surface area contributed by atoms with E-state index in [-0.39, 0.29) is 5.96 Å². The summed E-state index contributed by atoms with van der Waals surface area (Å²) in [5.74, 6) is 0.145. The molecule has 1 aliphatic heterocycles. The van der Waals surface area contributed by atoms with Gasteiger partial charge in [-0.2, -0.15) is 0 Å². The van der Waals surface area contributed by atoms with Gasteiger partial charge in [-0.05, 0) is 37.1 Å². The maximum Gasteiger partial charge on any atom is 0.186 e. The van der Waals surface area contributed by atoms with Crippen LogP contribution in [0.15, 0.2) is 29.3 Å². The number of nitrogens with zero attached hydrogens (tertiary/aromatic N) is 2. The van der Waals surface area contributed by atoms with Crippen molar-refractivity contribution in [2.24, 2.45) is 16.5 Å². The highest BCUT2D eigenvalue weighted by atomic mass is 15.1. The molecule has 0 radical (unpaired) electrons. The van der Waals surface area contributed by atoms with Crippen LogP contribution in [0.5, 0.6) is 0 Å². The molecule has 17 heavy (non-hydrogen) atoms. The maximum atomic E-state index is 5.30. The third kappa shape index (κ3) is 3.75. The van der Waals surface area contributed by atoms with Gasteiger partial charge in [0.05, 0.1) is 6.54 Å². The first-order valence-electron chi connectivity index (χ1n) is 6.09. The third-order valence-corrected chi connectivity index (χ3v) is 3.07. The van der Waals surface area contributed by atoms with Gasteiger partial charge in [0.1, 0.15) is 0 Å².